The number of nitrogens with one attached hydrogen (secondary N) is 1. The van der Waals surface area contributed by atoms with Crippen molar-refractivity contribution in [2.75, 3.05) is 11.6 Å². The first-order valence-corrected chi connectivity index (χ1v) is 7.17. The zero-order valence-corrected chi connectivity index (χ0v) is 11.2. The Morgan fingerprint density at radius 1 is 1.50 bits per heavy atom. The number of pyridine rings is 1. The fraction of sp³-hybridized carbons (Fsp3) is 0.333. The quantitative estimate of drug-likeness (QED) is 0.852. The van der Waals surface area contributed by atoms with Crippen molar-refractivity contribution in [3.63, 3.8) is 0 Å². The smallest absolute Gasteiger partial charge is 0.242 e. The van der Waals surface area contributed by atoms with Crippen molar-refractivity contribution >= 4 is 37.4 Å². The number of nitrogens with zero attached hydrogens (tertiary/aromatic N) is 1. The van der Waals surface area contributed by atoms with E-state index in [1.807, 2.05) is 0 Å². The highest BCUT2D eigenvalue weighted by molar-refractivity contribution is 9.10. The number of amides is 1. The molecule has 1 atom stereocenters. The number of rotatable bonds is 3. The third-order valence-corrected chi connectivity index (χ3v) is 3.97. The maximum Gasteiger partial charge on any atom is 0.242 e. The molecule has 7 heteroatoms. The lowest BCUT2D eigenvalue weighted by atomic mass is 10.4. The molecule has 0 aliphatic rings. The van der Waals surface area contributed by atoms with Crippen LogP contribution in [0.1, 0.15) is 6.92 Å². The zero-order valence-electron chi connectivity index (χ0n) is 8.77. The summed E-state index contributed by atoms with van der Waals surface area (Å²) in [4.78, 5) is 15.4. The average molecular weight is 307 g/mol. The Morgan fingerprint density at radius 2 is 2.12 bits per heavy atom. The van der Waals surface area contributed by atoms with Gasteiger partial charge in [0.15, 0.2) is 9.84 Å². The Morgan fingerprint density at radius 3 is 2.56 bits per heavy atom. The van der Waals surface area contributed by atoms with E-state index in [4.69, 9.17) is 0 Å². The van der Waals surface area contributed by atoms with Gasteiger partial charge in [-0.3, -0.25) is 4.79 Å². The summed E-state index contributed by atoms with van der Waals surface area (Å²) in [5.74, 6) is -0.563. The first-order chi connectivity index (χ1) is 7.30. The minimum Gasteiger partial charge on any atom is -0.324 e. The van der Waals surface area contributed by atoms with Crippen molar-refractivity contribution in [1.29, 1.82) is 0 Å². The molecule has 88 valence electrons. The van der Waals surface area contributed by atoms with Gasteiger partial charge in [0, 0.05) is 6.26 Å². The minimum absolute atomic E-state index is 0.462. The predicted octanol–water partition coefficient (Wildman–Crippen LogP) is 1.22. The highest BCUT2D eigenvalue weighted by atomic mass is 79.9. The SMILES string of the molecule is CC(C(=O)Nc1ccc(Br)nc1)S(C)(=O)=O. The Balaban J connectivity index is 2.76. The molecule has 0 bridgehead atoms. The minimum atomic E-state index is -3.37. The first-order valence-electron chi connectivity index (χ1n) is 4.42. The summed E-state index contributed by atoms with van der Waals surface area (Å²) in [5.41, 5.74) is 0.462. The molecule has 5 nitrogen and oxygen atoms in total. The lowest BCUT2D eigenvalue weighted by Gasteiger charge is -2.09. The molecule has 0 aliphatic carbocycles. The molecular weight excluding hydrogens is 296 g/mol. The zero-order chi connectivity index (χ0) is 12.3. The van der Waals surface area contributed by atoms with Crippen LogP contribution < -0.4 is 5.32 Å². The summed E-state index contributed by atoms with van der Waals surface area (Å²) in [5, 5.41) is 1.40. The van der Waals surface area contributed by atoms with Crippen molar-refractivity contribution in [1.82, 2.24) is 4.98 Å². The molecule has 0 fully saturated rings. The number of sulfone groups is 1. The second-order valence-corrected chi connectivity index (χ2v) is 6.51. The molecule has 0 saturated heterocycles. The van der Waals surface area contributed by atoms with Gasteiger partial charge in [0.1, 0.15) is 9.85 Å². The molecule has 1 amide bonds. The van der Waals surface area contributed by atoms with Gasteiger partial charge in [-0.1, -0.05) is 0 Å². The molecule has 0 spiro atoms. The van der Waals surface area contributed by atoms with Crippen LogP contribution in [-0.2, 0) is 14.6 Å². The van der Waals surface area contributed by atoms with Gasteiger partial charge in [0.05, 0.1) is 11.9 Å². The normalized spacial score (nSPS) is 13.2. The molecule has 0 radical (unpaired) electrons. The molecular formula is C9H11BrN2O3S. The van der Waals surface area contributed by atoms with Crippen molar-refractivity contribution in [3.8, 4) is 0 Å². The van der Waals surface area contributed by atoms with E-state index in [1.165, 1.54) is 13.1 Å². The first kappa shape index (κ1) is 13.1. The van der Waals surface area contributed by atoms with Crippen LogP contribution in [0.25, 0.3) is 0 Å². The van der Waals surface area contributed by atoms with Crippen LogP contribution in [0.3, 0.4) is 0 Å². The number of carbonyl (C=O) groups excluding carboxylic acids is 1. The molecule has 0 aromatic carbocycles. The second-order valence-electron chi connectivity index (χ2n) is 3.33. The molecule has 1 aromatic heterocycles. The van der Waals surface area contributed by atoms with Crippen molar-refractivity contribution in [2.24, 2.45) is 0 Å². The van der Waals surface area contributed by atoms with E-state index in [-0.39, 0.29) is 0 Å². The largest absolute Gasteiger partial charge is 0.324 e. The van der Waals surface area contributed by atoms with Crippen molar-refractivity contribution < 1.29 is 13.2 Å². The van der Waals surface area contributed by atoms with E-state index in [9.17, 15) is 13.2 Å². The second kappa shape index (κ2) is 4.92. The summed E-state index contributed by atoms with van der Waals surface area (Å²) in [6.45, 7) is 1.34. The standard InChI is InChI=1S/C9H11BrN2O3S/c1-6(16(2,14)15)9(13)12-7-3-4-8(10)11-5-7/h3-6H,1-2H3,(H,12,13). The molecule has 0 saturated carbocycles. The van der Waals surface area contributed by atoms with Crippen LogP contribution in [0.2, 0.25) is 0 Å². The third-order valence-electron chi connectivity index (χ3n) is 2.01. The van der Waals surface area contributed by atoms with Gasteiger partial charge in [0.2, 0.25) is 5.91 Å². The van der Waals surface area contributed by atoms with E-state index < -0.39 is 21.0 Å². The van der Waals surface area contributed by atoms with Crippen LogP contribution in [0.5, 0.6) is 0 Å². The molecule has 0 aliphatic heterocycles. The third kappa shape index (κ3) is 3.57. The summed E-state index contributed by atoms with van der Waals surface area (Å²) in [6.07, 6.45) is 2.47. The Bertz CT molecular complexity index is 484. The van der Waals surface area contributed by atoms with Gasteiger partial charge < -0.3 is 5.32 Å². The number of halogens is 1. The highest BCUT2D eigenvalue weighted by Gasteiger charge is 2.23. The number of carbonyl (C=O) groups is 1. The topological polar surface area (TPSA) is 76.1 Å². The van der Waals surface area contributed by atoms with E-state index in [0.29, 0.717) is 10.3 Å². The van der Waals surface area contributed by atoms with Gasteiger partial charge in [-0.15, -0.1) is 0 Å². The van der Waals surface area contributed by atoms with Crippen LogP contribution in [0.4, 0.5) is 5.69 Å². The molecule has 1 unspecified atom stereocenters. The van der Waals surface area contributed by atoms with E-state index in [0.717, 1.165) is 6.26 Å². The summed E-state index contributed by atoms with van der Waals surface area (Å²) < 4.78 is 22.9. The number of anilines is 1. The van der Waals surface area contributed by atoms with Crippen LogP contribution in [0, 0.1) is 0 Å². The number of aromatic nitrogens is 1. The summed E-state index contributed by atoms with van der Waals surface area (Å²) in [7, 11) is -3.37. The summed E-state index contributed by atoms with van der Waals surface area (Å²) in [6, 6.07) is 3.28. The van der Waals surface area contributed by atoms with Crippen LogP contribution >= 0.6 is 15.9 Å². The van der Waals surface area contributed by atoms with E-state index in [1.54, 1.807) is 12.1 Å². The highest BCUT2D eigenvalue weighted by Crippen LogP contribution is 2.11. The van der Waals surface area contributed by atoms with E-state index >= 15 is 0 Å². The van der Waals surface area contributed by atoms with Crippen molar-refractivity contribution in [3.05, 3.63) is 22.9 Å². The molecule has 16 heavy (non-hydrogen) atoms. The lowest BCUT2D eigenvalue weighted by molar-refractivity contribution is -0.115. The molecule has 1 rings (SSSR count). The maximum atomic E-state index is 11.5. The number of hydrogen-bond donors (Lipinski definition) is 1. The molecule has 1 aromatic rings. The van der Waals surface area contributed by atoms with Crippen LogP contribution in [-0.4, -0.2) is 30.8 Å². The Kier molecular flexibility index (Phi) is 4.03. The van der Waals surface area contributed by atoms with Gasteiger partial charge in [-0.25, -0.2) is 13.4 Å². The van der Waals surface area contributed by atoms with Gasteiger partial charge >= 0.3 is 0 Å². The fourth-order valence-corrected chi connectivity index (χ4v) is 1.57. The van der Waals surface area contributed by atoms with Crippen LogP contribution in [0.15, 0.2) is 22.9 Å². The van der Waals surface area contributed by atoms with Crippen molar-refractivity contribution in [2.45, 2.75) is 12.2 Å². The Hall–Kier alpha value is -0.950. The maximum absolute atomic E-state index is 11.5. The van der Waals surface area contributed by atoms with Gasteiger partial charge in [-0.2, -0.15) is 0 Å². The monoisotopic (exact) mass is 306 g/mol. The lowest BCUT2D eigenvalue weighted by Crippen LogP contribution is -2.31. The number of hydrogen-bond acceptors (Lipinski definition) is 4. The molecule has 1 heterocycles. The average Bonchev–Trinajstić information content (AvgIpc) is 2.19. The fourth-order valence-electron chi connectivity index (χ4n) is 0.888. The van der Waals surface area contributed by atoms with E-state index in [2.05, 4.69) is 26.2 Å². The van der Waals surface area contributed by atoms with Gasteiger partial charge in [0.25, 0.3) is 0 Å². The van der Waals surface area contributed by atoms with Gasteiger partial charge in [-0.05, 0) is 35.0 Å². The Labute approximate surface area is 102 Å². The predicted molar refractivity (Wildman–Crippen MR) is 64.9 cm³/mol. The molecule has 1 N–H and O–H groups in total. The summed E-state index contributed by atoms with van der Waals surface area (Å²) >= 11 is 3.15.